The van der Waals surface area contributed by atoms with Crippen LogP contribution in [-0.2, 0) is 4.79 Å². The van der Waals surface area contributed by atoms with Crippen molar-refractivity contribution in [2.24, 2.45) is 0 Å². The number of rotatable bonds is 2. The van der Waals surface area contributed by atoms with Crippen LogP contribution < -0.4 is 0 Å². The van der Waals surface area contributed by atoms with Crippen LogP contribution in [0.1, 0.15) is 13.3 Å². The van der Waals surface area contributed by atoms with Crippen molar-refractivity contribution in [1.29, 1.82) is 5.41 Å². The Balaban J connectivity index is 3.58. The van der Waals surface area contributed by atoms with Gasteiger partial charge in [-0.3, -0.25) is 10.2 Å². The molecule has 0 saturated heterocycles. The van der Waals surface area contributed by atoms with E-state index in [9.17, 15) is 4.79 Å². The van der Waals surface area contributed by atoms with Gasteiger partial charge in [-0.15, -0.1) is 0 Å². The lowest BCUT2D eigenvalue weighted by molar-refractivity contribution is -0.114. The number of carbonyl (C=O) groups is 1. The molecule has 0 rings (SSSR count). The van der Waals surface area contributed by atoms with Gasteiger partial charge in [-0.1, -0.05) is 6.92 Å². The summed E-state index contributed by atoms with van der Waals surface area (Å²) < 4.78 is 0. The Morgan fingerprint density at radius 3 is 2.71 bits per heavy atom. The fraction of sp³-hybridized carbons (Fsp3) is 0.400. The van der Waals surface area contributed by atoms with Crippen LogP contribution in [0.5, 0.6) is 0 Å². The Morgan fingerprint density at radius 1 is 2.00 bits per heavy atom. The van der Waals surface area contributed by atoms with Crippen molar-refractivity contribution >= 4 is 11.7 Å². The Labute approximate surface area is 42.4 Å². The molecular weight excluding hydrogens is 90.1 g/mol. The van der Waals surface area contributed by atoms with E-state index in [-0.39, 0.29) is 5.78 Å². The van der Waals surface area contributed by atoms with Crippen molar-refractivity contribution in [2.45, 2.75) is 13.3 Å². The molecule has 0 aliphatic carbocycles. The largest absolute Gasteiger partial charge is 0.294 e. The molecule has 0 spiro atoms. The number of ketones is 1. The maximum Gasteiger partial charge on any atom is 0.164 e. The first kappa shape index (κ1) is 6.12. The molecule has 0 unspecified atom stereocenters. The van der Waals surface area contributed by atoms with Gasteiger partial charge in [-0.2, -0.15) is 0 Å². The summed E-state index contributed by atoms with van der Waals surface area (Å²) in [6.45, 7) is 1.75. The van der Waals surface area contributed by atoms with Gasteiger partial charge in [0.1, 0.15) is 0 Å². The van der Waals surface area contributed by atoms with Crippen LogP contribution in [0.3, 0.4) is 0 Å². The molecule has 0 aromatic carbocycles. The fourth-order valence-electron chi connectivity index (χ4n) is 0.183. The summed E-state index contributed by atoms with van der Waals surface area (Å²) in [6.07, 6.45) is 1.59. The van der Waals surface area contributed by atoms with E-state index >= 15 is 0 Å². The molecule has 0 amide bonds. The van der Waals surface area contributed by atoms with Gasteiger partial charge < -0.3 is 0 Å². The first-order valence-corrected chi connectivity index (χ1v) is 2.09. The van der Waals surface area contributed by atoms with E-state index in [4.69, 9.17) is 5.41 Å². The second kappa shape index (κ2) is 3.32. The van der Waals surface area contributed by atoms with E-state index < -0.39 is 0 Å². The van der Waals surface area contributed by atoms with Crippen molar-refractivity contribution in [1.82, 2.24) is 0 Å². The number of hydrogen-bond acceptors (Lipinski definition) is 2. The van der Waals surface area contributed by atoms with Gasteiger partial charge in [-0.05, 0) is 5.87 Å². The molecule has 7 heavy (non-hydrogen) atoms. The molecule has 0 fully saturated rings. The molecule has 38 valence electrons. The second-order valence-electron chi connectivity index (χ2n) is 1.11. The van der Waals surface area contributed by atoms with Crippen LogP contribution in [-0.4, -0.2) is 11.7 Å². The molecule has 0 bridgehead atoms. The van der Waals surface area contributed by atoms with Crippen molar-refractivity contribution in [2.75, 3.05) is 0 Å². The standard InChI is InChI=1S/C5H7NO/c1-2-5(7)3-4-6/h3,6H,2H2,1H3. The van der Waals surface area contributed by atoms with Crippen molar-refractivity contribution in [3.8, 4) is 0 Å². The summed E-state index contributed by atoms with van der Waals surface area (Å²) in [5, 5.41) is 6.31. The Bertz CT molecular complexity index is 111. The van der Waals surface area contributed by atoms with Crippen molar-refractivity contribution in [3.63, 3.8) is 0 Å². The van der Waals surface area contributed by atoms with Crippen LogP contribution >= 0.6 is 0 Å². The van der Waals surface area contributed by atoms with E-state index in [2.05, 4.69) is 0 Å². The average Bonchev–Trinajstić information content (AvgIpc) is 1.68. The third kappa shape index (κ3) is 2.94. The van der Waals surface area contributed by atoms with Gasteiger partial charge in [0.15, 0.2) is 5.78 Å². The molecular formula is C5H7NO. The van der Waals surface area contributed by atoms with Gasteiger partial charge >= 0.3 is 0 Å². The first-order valence-electron chi connectivity index (χ1n) is 2.09. The number of nitrogens with one attached hydrogen (secondary N) is 1. The van der Waals surface area contributed by atoms with Gasteiger partial charge in [0, 0.05) is 12.5 Å². The fourth-order valence-corrected chi connectivity index (χ4v) is 0.183. The lowest BCUT2D eigenvalue weighted by Crippen LogP contribution is -1.85. The average molecular weight is 97.1 g/mol. The van der Waals surface area contributed by atoms with Crippen LogP contribution in [0.15, 0.2) is 6.08 Å². The molecule has 0 heterocycles. The van der Waals surface area contributed by atoms with Gasteiger partial charge in [0.05, 0.1) is 0 Å². The van der Waals surface area contributed by atoms with Gasteiger partial charge in [0.2, 0.25) is 0 Å². The molecule has 0 radical (unpaired) electrons. The monoisotopic (exact) mass is 97.1 g/mol. The van der Waals surface area contributed by atoms with E-state index in [0.29, 0.717) is 6.42 Å². The second-order valence-corrected chi connectivity index (χ2v) is 1.11. The molecule has 2 heteroatoms. The lowest BCUT2D eigenvalue weighted by Gasteiger charge is -1.74. The van der Waals surface area contributed by atoms with Crippen molar-refractivity contribution in [3.05, 3.63) is 6.08 Å². The minimum atomic E-state index is -0.0463. The summed E-state index contributed by atoms with van der Waals surface area (Å²) >= 11 is 0. The summed E-state index contributed by atoms with van der Waals surface area (Å²) in [7, 11) is 0. The highest BCUT2D eigenvalue weighted by molar-refractivity contribution is 5.95. The molecule has 2 nitrogen and oxygen atoms in total. The molecule has 0 saturated carbocycles. The topological polar surface area (TPSA) is 40.9 Å². The normalized spacial score (nSPS) is 7.00. The highest BCUT2D eigenvalue weighted by atomic mass is 16.1. The predicted octanol–water partition coefficient (Wildman–Crippen LogP) is 0.770. The predicted molar refractivity (Wildman–Crippen MR) is 27.6 cm³/mol. The first-order chi connectivity index (χ1) is 3.31. The Hall–Kier alpha value is -0.880. The molecule has 0 atom stereocenters. The van der Waals surface area contributed by atoms with Crippen LogP contribution in [0.4, 0.5) is 0 Å². The van der Waals surface area contributed by atoms with Crippen LogP contribution in [0.2, 0.25) is 0 Å². The van der Waals surface area contributed by atoms with E-state index in [1.54, 1.807) is 6.92 Å². The summed E-state index contributed by atoms with van der Waals surface area (Å²) in [5.74, 6) is 1.85. The maximum absolute atomic E-state index is 10.2. The summed E-state index contributed by atoms with van der Waals surface area (Å²) in [4.78, 5) is 10.2. The van der Waals surface area contributed by atoms with Crippen LogP contribution in [0, 0.1) is 5.41 Å². The summed E-state index contributed by atoms with van der Waals surface area (Å²) in [6, 6.07) is 0. The molecule has 0 aliphatic heterocycles. The van der Waals surface area contributed by atoms with E-state index in [1.807, 2.05) is 5.87 Å². The minimum absolute atomic E-state index is 0.0463. The highest BCUT2D eigenvalue weighted by Gasteiger charge is 1.84. The van der Waals surface area contributed by atoms with Gasteiger partial charge in [0.25, 0.3) is 0 Å². The molecule has 1 N–H and O–H groups in total. The zero-order valence-corrected chi connectivity index (χ0v) is 4.19. The lowest BCUT2D eigenvalue weighted by atomic mass is 10.3. The summed E-state index contributed by atoms with van der Waals surface area (Å²) in [5.41, 5.74) is 0. The minimum Gasteiger partial charge on any atom is -0.294 e. The Morgan fingerprint density at radius 2 is 2.57 bits per heavy atom. The number of allylic oxidation sites excluding steroid dienone is 1. The highest BCUT2D eigenvalue weighted by Crippen LogP contribution is 1.76. The Kier molecular flexibility index (Phi) is 2.90. The third-order valence-corrected chi connectivity index (χ3v) is 0.582. The number of hydrogen-bond donors (Lipinski definition) is 1. The maximum atomic E-state index is 10.2. The smallest absolute Gasteiger partial charge is 0.164 e. The number of carbonyl (C=O) groups excluding carboxylic acids is 1. The van der Waals surface area contributed by atoms with Crippen LogP contribution in [0.25, 0.3) is 0 Å². The SMILES string of the molecule is CCC(=O)C=C=N. The van der Waals surface area contributed by atoms with Gasteiger partial charge in [-0.25, -0.2) is 0 Å². The van der Waals surface area contributed by atoms with E-state index in [1.165, 1.54) is 0 Å². The van der Waals surface area contributed by atoms with E-state index in [0.717, 1.165) is 6.08 Å². The zero-order valence-electron chi connectivity index (χ0n) is 4.19. The van der Waals surface area contributed by atoms with Crippen molar-refractivity contribution < 1.29 is 4.79 Å². The molecule has 0 aromatic rings. The molecule has 0 aromatic heterocycles. The zero-order chi connectivity index (χ0) is 5.70. The third-order valence-electron chi connectivity index (χ3n) is 0.582. The molecule has 0 aliphatic rings. The quantitative estimate of drug-likeness (QED) is 0.401.